The highest BCUT2D eigenvalue weighted by Gasteiger charge is 2.15. The molecule has 21 heavy (non-hydrogen) atoms. The summed E-state index contributed by atoms with van der Waals surface area (Å²) in [6, 6.07) is 7.16. The smallest absolute Gasteiger partial charge is 0.240 e. The van der Waals surface area contributed by atoms with Crippen LogP contribution in [0.25, 0.3) is 0 Å². The third-order valence-electron chi connectivity index (χ3n) is 3.37. The number of aryl methyl sites for hydroxylation is 1. The standard InChI is InChI=1S/C15H20N2O2S2/c1-2-13-3-4-15(9-14(13)10-16)21(18,19)17-7-5-12-6-8-20-11-12/h3-4,6,8-9,11,17H,2,5,7,10,16H2,1H3. The number of thiophene rings is 1. The van der Waals surface area contributed by atoms with Gasteiger partial charge in [0.05, 0.1) is 4.90 Å². The van der Waals surface area contributed by atoms with Crippen molar-refractivity contribution in [2.75, 3.05) is 6.54 Å². The number of nitrogens with one attached hydrogen (secondary N) is 1. The van der Waals surface area contributed by atoms with Crippen molar-refractivity contribution >= 4 is 21.4 Å². The summed E-state index contributed by atoms with van der Waals surface area (Å²) in [7, 11) is -3.47. The number of hydrogen-bond acceptors (Lipinski definition) is 4. The normalized spacial score (nSPS) is 11.7. The first-order valence-electron chi connectivity index (χ1n) is 6.89. The van der Waals surface area contributed by atoms with Gasteiger partial charge in [0.15, 0.2) is 0 Å². The largest absolute Gasteiger partial charge is 0.326 e. The average molecular weight is 324 g/mol. The molecule has 0 aliphatic carbocycles. The van der Waals surface area contributed by atoms with Gasteiger partial charge < -0.3 is 5.73 Å². The fraction of sp³-hybridized carbons (Fsp3) is 0.333. The molecule has 3 N–H and O–H groups in total. The van der Waals surface area contributed by atoms with Gasteiger partial charge in [-0.25, -0.2) is 13.1 Å². The monoisotopic (exact) mass is 324 g/mol. The van der Waals surface area contributed by atoms with Crippen molar-refractivity contribution in [3.05, 3.63) is 51.7 Å². The molecule has 0 saturated heterocycles. The van der Waals surface area contributed by atoms with Gasteiger partial charge in [0.1, 0.15) is 0 Å². The molecule has 0 spiro atoms. The Labute approximate surface area is 130 Å². The minimum Gasteiger partial charge on any atom is -0.326 e. The van der Waals surface area contributed by atoms with E-state index >= 15 is 0 Å². The molecule has 6 heteroatoms. The molecule has 2 aromatic rings. The SMILES string of the molecule is CCc1ccc(S(=O)(=O)NCCc2ccsc2)cc1CN. The third-order valence-corrected chi connectivity index (χ3v) is 5.57. The van der Waals surface area contributed by atoms with Gasteiger partial charge in [0, 0.05) is 13.1 Å². The molecule has 1 heterocycles. The molecular weight excluding hydrogens is 304 g/mol. The Hall–Kier alpha value is -1.21. The number of hydrogen-bond donors (Lipinski definition) is 2. The Morgan fingerprint density at radius 3 is 2.67 bits per heavy atom. The van der Waals surface area contributed by atoms with Gasteiger partial charge in [-0.1, -0.05) is 13.0 Å². The molecule has 0 fully saturated rings. The molecule has 0 saturated carbocycles. The van der Waals surface area contributed by atoms with E-state index < -0.39 is 10.0 Å². The fourth-order valence-electron chi connectivity index (χ4n) is 2.15. The van der Waals surface area contributed by atoms with Crippen molar-refractivity contribution in [2.24, 2.45) is 5.73 Å². The molecule has 0 amide bonds. The van der Waals surface area contributed by atoms with E-state index in [9.17, 15) is 8.42 Å². The molecule has 0 bridgehead atoms. The molecule has 0 aliphatic rings. The van der Waals surface area contributed by atoms with Crippen LogP contribution in [0.2, 0.25) is 0 Å². The van der Waals surface area contributed by atoms with E-state index in [4.69, 9.17) is 5.73 Å². The maximum atomic E-state index is 12.3. The predicted molar refractivity (Wildman–Crippen MR) is 86.9 cm³/mol. The molecule has 0 aliphatic heterocycles. The second-order valence-electron chi connectivity index (χ2n) is 4.77. The number of sulfonamides is 1. The Balaban J connectivity index is 2.08. The highest BCUT2D eigenvalue weighted by atomic mass is 32.2. The van der Waals surface area contributed by atoms with Gasteiger partial charge in [0.2, 0.25) is 10.0 Å². The van der Waals surface area contributed by atoms with Crippen LogP contribution in [-0.4, -0.2) is 15.0 Å². The molecule has 1 aromatic heterocycles. The van der Waals surface area contributed by atoms with Gasteiger partial charge in [-0.15, -0.1) is 0 Å². The molecule has 0 atom stereocenters. The van der Waals surface area contributed by atoms with E-state index in [1.54, 1.807) is 23.5 Å². The summed E-state index contributed by atoms with van der Waals surface area (Å²) in [4.78, 5) is 0.283. The van der Waals surface area contributed by atoms with Crippen LogP contribution in [-0.2, 0) is 29.4 Å². The molecule has 1 aromatic carbocycles. The Bertz CT molecular complexity index is 680. The van der Waals surface area contributed by atoms with Crippen LogP contribution in [0.1, 0.15) is 23.6 Å². The first-order chi connectivity index (χ1) is 10.1. The molecule has 4 nitrogen and oxygen atoms in total. The van der Waals surface area contributed by atoms with Crippen LogP contribution < -0.4 is 10.5 Å². The van der Waals surface area contributed by atoms with Crippen molar-refractivity contribution in [1.29, 1.82) is 0 Å². The molecule has 2 rings (SSSR count). The first-order valence-corrected chi connectivity index (χ1v) is 9.32. The van der Waals surface area contributed by atoms with Gasteiger partial charge in [-0.2, -0.15) is 11.3 Å². The quantitative estimate of drug-likeness (QED) is 0.821. The summed E-state index contributed by atoms with van der Waals surface area (Å²) >= 11 is 1.61. The molecule has 0 unspecified atom stereocenters. The predicted octanol–water partition coefficient (Wildman–Crippen LogP) is 2.29. The van der Waals surface area contributed by atoms with Crippen LogP contribution in [0.4, 0.5) is 0 Å². The van der Waals surface area contributed by atoms with Gasteiger partial charge in [-0.3, -0.25) is 0 Å². The van der Waals surface area contributed by atoms with Crippen molar-refractivity contribution in [1.82, 2.24) is 4.72 Å². The fourth-order valence-corrected chi connectivity index (χ4v) is 3.94. The zero-order valence-electron chi connectivity index (χ0n) is 12.0. The van der Waals surface area contributed by atoms with Crippen LogP contribution in [0.3, 0.4) is 0 Å². The topological polar surface area (TPSA) is 72.2 Å². The molecular formula is C15H20N2O2S2. The number of nitrogens with two attached hydrogens (primary N) is 1. The van der Waals surface area contributed by atoms with Crippen molar-refractivity contribution in [3.63, 3.8) is 0 Å². The van der Waals surface area contributed by atoms with Crippen molar-refractivity contribution in [3.8, 4) is 0 Å². The van der Waals surface area contributed by atoms with Gasteiger partial charge in [0.25, 0.3) is 0 Å². The van der Waals surface area contributed by atoms with Crippen LogP contribution in [0.5, 0.6) is 0 Å². The maximum Gasteiger partial charge on any atom is 0.240 e. The number of rotatable bonds is 7. The lowest BCUT2D eigenvalue weighted by molar-refractivity contribution is 0.581. The lowest BCUT2D eigenvalue weighted by atomic mass is 10.1. The van der Waals surface area contributed by atoms with Crippen LogP contribution >= 0.6 is 11.3 Å². The highest BCUT2D eigenvalue weighted by molar-refractivity contribution is 7.89. The molecule has 114 valence electrons. The first kappa shape index (κ1) is 16.2. The van der Waals surface area contributed by atoms with E-state index in [0.717, 1.165) is 23.1 Å². The Morgan fingerprint density at radius 1 is 1.24 bits per heavy atom. The summed E-state index contributed by atoms with van der Waals surface area (Å²) in [6.45, 7) is 2.77. The van der Waals surface area contributed by atoms with Crippen molar-refractivity contribution < 1.29 is 8.42 Å². The zero-order chi connectivity index (χ0) is 15.3. The maximum absolute atomic E-state index is 12.3. The summed E-state index contributed by atoms with van der Waals surface area (Å²) in [5, 5.41) is 4.01. The second-order valence-corrected chi connectivity index (χ2v) is 7.31. The summed E-state index contributed by atoms with van der Waals surface area (Å²) < 4.78 is 27.2. The third kappa shape index (κ3) is 4.14. The summed E-state index contributed by atoms with van der Waals surface area (Å²) in [5.74, 6) is 0. The van der Waals surface area contributed by atoms with Gasteiger partial charge in [-0.05, 0) is 58.5 Å². The van der Waals surface area contributed by atoms with Crippen LogP contribution in [0, 0.1) is 0 Å². The number of benzene rings is 1. The minimum atomic E-state index is -3.47. The van der Waals surface area contributed by atoms with E-state index in [2.05, 4.69) is 4.72 Å². The highest BCUT2D eigenvalue weighted by Crippen LogP contribution is 2.16. The lowest BCUT2D eigenvalue weighted by Gasteiger charge is -2.10. The van der Waals surface area contributed by atoms with Gasteiger partial charge >= 0.3 is 0 Å². The lowest BCUT2D eigenvalue weighted by Crippen LogP contribution is -2.26. The van der Waals surface area contributed by atoms with Crippen LogP contribution in [0.15, 0.2) is 39.9 Å². The average Bonchev–Trinajstić information content (AvgIpc) is 2.99. The Morgan fingerprint density at radius 2 is 2.05 bits per heavy atom. The van der Waals surface area contributed by atoms with E-state index in [0.29, 0.717) is 19.5 Å². The summed E-state index contributed by atoms with van der Waals surface area (Å²) in [5.41, 5.74) is 8.81. The van der Waals surface area contributed by atoms with E-state index in [1.165, 1.54) is 0 Å². The Kier molecular flexibility index (Phi) is 5.52. The minimum absolute atomic E-state index is 0.283. The molecule has 0 radical (unpaired) electrons. The van der Waals surface area contributed by atoms with E-state index in [-0.39, 0.29) is 4.90 Å². The van der Waals surface area contributed by atoms with E-state index in [1.807, 2.05) is 29.8 Å². The summed E-state index contributed by atoms with van der Waals surface area (Å²) in [6.07, 6.45) is 1.54. The zero-order valence-corrected chi connectivity index (χ0v) is 13.6. The van der Waals surface area contributed by atoms with Crippen molar-refractivity contribution in [2.45, 2.75) is 31.2 Å². The second kappa shape index (κ2) is 7.17.